The predicted molar refractivity (Wildman–Crippen MR) is 72.8 cm³/mol. The van der Waals surface area contributed by atoms with Gasteiger partial charge in [0, 0.05) is 12.1 Å². The van der Waals surface area contributed by atoms with Crippen LogP contribution in [0.25, 0.3) is 0 Å². The van der Waals surface area contributed by atoms with Gasteiger partial charge in [-0.1, -0.05) is 0 Å². The Kier molecular flexibility index (Phi) is 2.86. The van der Waals surface area contributed by atoms with Crippen molar-refractivity contribution in [3.63, 3.8) is 0 Å². The Labute approximate surface area is 121 Å². The van der Waals surface area contributed by atoms with Crippen molar-refractivity contribution in [2.45, 2.75) is 19.0 Å². The van der Waals surface area contributed by atoms with Crippen LogP contribution in [0.1, 0.15) is 22.8 Å². The van der Waals surface area contributed by atoms with Gasteiger partial charge < -0.3 is 15.0 Å². The van der Waals surface area contributed by atoms with Crippen LogP contribution in [0.2, 0.25) is 0 Å². The van der Waals surface area contributed by atoms with Crippen molar-refractivity contribution < 1.29 is 19.1 Å². The van der Waals surface area contributed by atoms with Crippen LogP contribution in [0.5, 0.6) is 5.75 Å². The van der Waals surface area contributed by atoms with Crippen molar-refractivity contribution in [1.29, 1.82) is 0 Å². The zero-order valence-electron chi connectivity index (χ0n) is 11.7. The van der Waals surface area contributed by atoms with Gasteiger partial charge >= 0.3 is 6.03 Å². The van der Waals surface area contributed by atoms with Gasteiger partial charge in [0.2, 0.25) is 0 Å². The molecular formula is C14H15N3O4. The van der Waals surface area contributed by atoms with Gasteiger partial charge in [0.05, 0.1) is 13.7 Å². The number of imide groups is 1. The quantitative estimate of drug-likeness (QED) is 0.781. The smallest absolute Gasteiger partial charge is 0.322 e. The molecule has 2 heterocycles. The number of rotatable bonds is 3. The zero-order chi connectivity index (χ0) is 15.2. The van der Waals surface area contributed by atoms with Gasteiger partial charge in [0.1, 0.15) is 11.3 Å². The number of nitrogens with zero attached hydrogens (tertiary/aromatic N) is 1. The number of methoxy groups -OCH3 is 1. The number of hydrogen-bond acceptors (Lipinski definition) is 4. The summed E-state index contributed by atoms with van der Waals surface area (Å²) in [5.41, 5.74) is 0.357. The maximum absolute atomic E-state index is 12.4. The van der Waals surface area contributed by atoms with E-state index in [1.165, 1.54) is 0 Å². The number of urea groups is 1. The van der Waals surface area contributed by atoms with Crippen LogP contribution < -0.4 is 15.4 Å². The third-order valence-corrected chi connectivity index (χ3v) is 3.82. The predicted octanol–water partition coefficient (Wildman–Crippen LogP) is 0.249. The van der Waals surface area contributed by atoms with Crippen LogP contribution in [0, 0.1) is 0 Å². The molecule has 2 aliphatic rings. The summed E-state index contributed by atoms with van der Waals surface area (Å²) in [5, 5.41) is 4.75. The zero-order valence-corrected chi connectivity index (χ0v) is 11.7. The van der Waals surface area contributed by atoms with E-state index in [1.54, 1.807) is 31.1 Å². The maximum Gasteiger partial charge on any atom is 0.322 e. The minimum Gasteiger partial charge on any atom is -0.497 e. The normalized spacial score (nSPS) is 23.9. The molecule has 0 spiro atoms. The van der Waals surface area contributed by atoms with Gasteiger partial charge in [0.15, 0.2) is 0 Å². The fourth-order valence-corrected chi connectivity index (χ4v) is 2.68. The van der Waals surface area contributed by atoms with Crippen LogP contribution in [0.15, 0.2) is 18.2 Å². The van der Waals surface area contributed by atoms with Crippen molar-refractivity contribution in [2.24, 2.45) is 0 Å². The topological polar surface area (TPSA) is 87.7 Å². The van der Waals surface area contributed by atoms with E-state index in [9.17, 15) is 14.4 Å². The number of fused-ring (bicyclic) bond motifs is 1. The molecule has 0 aliphatic carbocycles. The first kappa shape index (κ1) is 13.4. The summed E-state index contributed by atoms with van der Waals surface area (Å²) >= 11 is 0. The van der Waals surface area contributed by atoms with Crippen molar-refractivity contribution in [3.8, 4) is 5.75 Å². The van der Waals surface area contributed by atoms with Crippen molar-refractivity contribution in [1.82, 2.24) is 15.5 Å². The SMILES string of the molecule is COc1ccc2c(c1)CN(CC1(C)NC(=O)NC1=O)C2=O. The number of benzene rings is 1. The molecule has 7 nitrogen and oxygen atoms in total. The molecule has 0 saturated carbocycles. The molecule has 1 fully saturated rings. The molecule has 110 valence electrons. The molecule has 2 aliphatic heterocycles. The first-order valence-electron chi connectivity index (χ1n) is 6.53. The van der Waals surface area contributed by atoms with Crippen LogP contribution in [0.3, 0.4) is 0 Å². The molecule has 1 aromatic rings. The molecule has 1 aromatic carbocycles. The highest BCUT2D eigenvalue weighted by atomic mass is 16.5. The summed E-state index contributed by atoms with van der Waals surface area (Å²) in [7, 11) is 1.57. The molecular weight excluding hydrogens is 274 g/mol. The van der Waals surface area contributed by atoms with Gasteiger partial charge in [-0.15, -0.1) is 0 Å². The molecule has 7 heteroatoms. The number of carbonyl (C=O) groups is 3. The van der Waals surface area contributed by atoms with E-state index in [1.807, 2.05) is 6.07 Å². The van der Waals surface area contributed by atoms with Crippen molar-refractivity contribution in [3.05, 3.63) is 29.3 Å². The summed E-state index contributed by atoms with van der Waals surface area (Å²) in [5.74, 6) is 0.109. The second-order valence-electron chi connectivity index (χ2n) is 5.42. The van der Waals surface area contributed by atoms with Gasteiger partial charge in [0.25, 0.3) is 11.8 Å². The van der Waals surface area contributed by atoms with E-state index in [2.05, 4.69) is 10.6 Å². The van der Waals surface area contributed by atoms with Crippen LogP contribution in [-0.4, -0.2) is 41.9 Å². The lowest BCUT2D eigenvalue weighted by atomic mass is 10.0. The molecule has 0 aromatic heterocycles. The van der Waals surface area contributed by atoms with E-state index >= 15 is 0 Å². The molecule has 3 rings (SSSR count). The molecule has 4 amide bonds. The third kappa shape index (κ3) is 2.10. The van der Waals surface area contributed by atoms with Gasteiger partial charge in [-0.05, 0) is 30.7 Å². The van der Waals surface area contributed by atoms with E-state index in [0.29, 0.717) is 17.9 Å². The largest absolute Gasteiger partial charge is 0.497 e. The Morgan fingerprint density at radius 2 is 2.10 bits per heavy atom. The second-order valence-corrected chi connectivity index (χ2v) is 5.42. The Balaban J connectivity index is 1.82. The van der Waals surface area contributed by atoms with Gasteiger partial charge in [-0.2, -0.15) is 0 Å². The van der Waals surface area contributed by atoms with Gasteiger partial charge in [-0.3, -0.25) is 14.9 Å². The minimum atomic E-state index is -1.10. The molecule has 0 bridgehead atoms. The van der Waals surface area contributed by atoms with Crippen LogP contribution >= 0.6 is 0 Å². The van der Waals surface area contributed by atoms with Crippen molar-refractivity contribution >= 4 is 17.8 Å². The summed E-state index contributed by atoms with van der Waals surface area (Å²) < 4.78 is 5.14. The molecule has 0 radical (unpaired) electrons. The van der Waals surface area contributed by atoms with Gasteiger partial charge in [-0.25, -0.2) is 4.79 Å². The first-order chi connectivity index (χ1) is 9.93. The highest BCUT2D eigenvalue weighted by molar-refractivity contribution is 6.07. The van der Waals surface area contributed by atoms with Crippen LogP contribution in [-0.2, 0) is 11.3 Å². The molecule has 1 saturated heterocycles. The fraction of sp³-hybridized carbons (Fsp3) is 0.357. The minimum absolute atomic E-state index is 0.125. The number of nitrogens with one attached hydrogen (secondary N) is 2. The van der Waals surface area contributed by atoms with E-state index in [0.717, 1.165) is 5.56 Å². The average molecular weight is 289 g/mol. The van der Waals surface area contributed by atoms with E-state index in [-0.39, 0.29) is 12.5 Å². The standard InChI is InChI=1S/C14H15N3O4/c1-14(12(19)15-13(20)16-14)7-17-6-8-5-9(21-2)3-4-10(8)11(17)18/h3-5H,6-7H2,1-2H3,(H2,15,16,19,20). The van der Waals surface area contributed by atoms with Crippen LogP contribution in [0.4, 0.5) is 4.79 Å². The Hall–Kier alpha value is -2.57. The lowest BCUT2D eigenvalue weighted by molar-refractivity contribution is -0.123. The summed E-state index contributed by atoms with van der Waals surface area (Å²) in [4.78, 5) is 37.0. The summed E-state index contributed by atoms with van der Waals surface area (Å²) in [6, 6.07) is 4.72. The Morgan fingerprint density at radius 3 is 2.71 bits per heavy atom. The highest BCUT2D eigenvalue weighted by Gasteiger charge is 2.45. The third-order valence-electron chi connectivity index (χ3n) is 3.82. The summed E-state index contributed by atoms with van der Waals surface area (Å²) in [6.07, 6.45) is 0. The summed E-state index contributed by atoms with van der Waals surface area (Å²) in [6.45, 7) is 2.12. The second kappa shape index (κ2) is 4.47. The molecule has 1 atom stereocenters. The highest BCUT2D eigenvalue weighted by Crippen LogP contribution is 2.28. The maximum atomic E-state index is 12.4. The number of hydrogen-bond donors (Lipinski definition) is 2. The lowest BCUT2D eigenvalue weighted by Gasteiger charge is -2.26. The monoisotopic (exact) mass is 289 g/mol. The fourth-order valence-electron chi connectivity index (χ4n) is 2.68. The Morgan fingerprint density at radius 1 is 1.33 bits per heavy atom. The van der Waals surface area contributed by atoms with E-state index < -0.39 is 17.5 Å². The lowest BCUT2D eigenvalue weighted by Crippen LogP contribution is -2.52. The first-order valence-corrected chi connectivity index (χ1v) is 6.53. The number of carbonyl (C=O) groups excluding carboxylic acids is 3. The number of amides is 4. The molecule has 1 unspecified atom stereocenters. The Bertz CT molecular complexity index is 658. The average Bonchev–Trinajstić information content (AvgIpc) is 2.87. The van der Waals surface area contributed by atoms with Crippen molar-refractivity contribution in [2.75, 3.05) is 13.7 Å². The number of ether oxygens (including phenoxy) is 1. The molecule has 21 heavy (non-hydrogen) atoms. The van der Waals surface area contributed by atoms with E-state index in [4.69, 9.17) is 4.74 Å². The molecule has 2 N–H and O–H groups in total.